The minimum Gasteiger partial charge on any atom is -0.494 e. The summed E-state index contributed by atoms with van der Waals surface area (Å²) in [5.41, 5.74) is 0.996. The van der Waals surface area contributed by atoms with E-state index in [-0.39, 0.29) is 53.9 Å². The van der Waals surface area contributed by atoms with E-state index < -0.39 is 5.97 Å². The largest absolute Gasteiger partial charge is 0.494 e. The molecule has 0 radical (unpaired) electrons. The molecule has 1 aromatic heterocycles. The van der Waals surface area contributed by atoms with Gasteiger partial charge in [-0.3, -0.25) is 14.4 Å². The Kier molecular flexibility index (Phi) is 29.1. The molecule has 2 fully saturated rings. The van der Waals surface area contributed by atoms with Crippen LogP contribution in [0.3, 0.4) is 0 Å². The van der Waals surface area contributed by atoms with Crippen LogP contribution in [0.1, 0.15) is 116 Å². The first-order chi connectivity index (χ1) is 40.1. The van der Waals surface area contributed by atoms with Gasteiger partial charge in [0.2, 0.25) is 5.13 Å². The van der Waals surface area contributed by atoms with Gasteiger partial charge in [0, 0.05) is 24.4 Å². The Morgan fingerprint density at radius 2 is 1.05 bits per heavy atom. The van der Waals surface area contributed by atoms with Crippen molar-refractivity contribution >= 4 is 68.4 Å². The molecule has 0 N–H and O–H groups in total. The van der Waals surface area contributed by atoms with Crippen molar-refractivity contribution in [1.82, 2.24) is 4.98 Å². The summed E-state index contributed by atoms with van der Waals surface area (Å²) in [7, 11) is 0. The van der Waals surface area contributed by atoms with Crippen LogP contribution in [0, 0.1) is 23.7 Å². The number of alkyl halides is 1. The van der Waals surface area contributed by atoms with Gasteiger partial charge in [-0.1, -0.05) is 36.6 Å². The summed E-state index contributed by atoms with van der Waals surface area (Å²) in [6.45, 7) is 11.8. The minimum atomic E-state index is -0.394. The molecule has 2 aliphatic carbocycles. The molecular formula is C63H78ClN3O14S. The molecule has 0 bridgehead atoms. The van der Waals surface area contributed by atoms with Gasteiger partial charge in [0.25, 0.3) is 0 Å². The molecule has 7 rings (SSSR count). The second-order valence-corrected chi connectivity index (χ2v) is 21.2. The average molecular weight is 1170 g/mol. The maximum absolute atomic E-state index is 13.0. The fourth-order valence-electron chi connectivity index (χ4n) is 9.00. The van der Waals surface area contributed by atoms with Gasteiger partial charge in [-0.25, -0.2) is 14.8 Å². The Labute approximate surface area is 490 Å². The molecule has 2 saturated carbocycles. The number of hydrazone groups is 1. The van der Waals surface area contributed by atoms with E-state index in [1.165, 1.54) is 6.08 Å². The number of rotatable bonds is 34. The number of esters is 4. The summed E-state index contributed by atoms with van der Waals surface area (Å²) in [6, 6.07) is 29.2. The summed E-state index contributed by atoms with van der Waals surface area (Å²) in [4.78, 5) is 74.8. The number of ether oxygens (including phenoxy) is 6. The van der Waals surface area contributed by atoms with Gasteiger partial charge < -0.3 is 38.2 Å². The predicted octanol–water partition coefficient (Wildman–Crippen LogP) is 14.2. The van der Waals surface area contributed by atoms with Crippen molar-refractivity contribution in [2.24, 2.45) is 28.8 Å². The van der Waals surface area contributed by atoms with Gasteiger partial charge in [-0.2, -0.15) is 14.9 Å². The number of hydrogen-bond acceptors (Lipinski definition) is 18. The third kappa shape index (κ3) is 23.8. The molecule has 0 spiro atoms. The molecule has 5 aromatic rings. The zero-order valence-corrected chi connectivity index (χ0v) is 48.6. The zero-order chi connectivity index (χ0) is 58.0. The Bertz CT molecular complexity index is 2670. The fraction of sp³-hybridized carbons (Fsp3) is 0.460. The van der Waals surface area contributed by atoms with Crippen molar-refractivity contribution < 1.29 is 67.1 Å². The van der Waals surface area contributed by atoms with E-state index in [0.717, 1.165) is 98.1 Å². The summed E-state index contributed by atoms with van der Waals surface area (Å²) >= 11 is 7.13. The van der Waals surface area contributed by atoms with E-state index in [1.807, 2.05) is 43.3 Å². The van der Waals surface area contributed by atoms with Crippen molar-refractivity contribution in [1.29, 1.82) is 0 Å². The average Bonchev–Trinajstić information content (AvgIpc) is 4.12. The first kappa shape index (κ1) is 64.2. The smallest absolute Gasteiger partial charge is 0.330 e. The van der Waals surface area contributed by atoms with Crippen molar-refractivity contribution in [3.05, 3.63) is 122 Å². The third-order valence-corrected chi connectivity index (χ3v) is 14.9. The monoisotopic (exact) mass is 1170 g/mol. The zero-order valence-electron chi connectivity index (χ0n) is 47.0. The number of fused-ring (bicyclic) bond motifs is 1. The molecule has 0 amide bonds. The molecule has 19 heteroatoms. The van der Waals surface area contributed by atoms with E-state index in [9.17, 15) is 19.2 Å². The quantitative estimate of drug-likeness (QED) is 0.00552. The van der Waals surface area contributed by atoms with Gasteiger partial charge in [-0.05, 0) is 206 Å². The van der Waals surface area contributed by atoms with Crippen LogP contribution in [0.2, 0.25) is 0 Å². The first-order valence-electron chi connectivity index (χ1n) is 28.5. The number of halogens is 1. The summed E-state index contributed by atoms with van der Waals surface area (Å²) in [5.74, 6) is 2.87. The number of hydrogen-bond donors (Lipinski definition) is 0. The Morgan fingerprint density at radius 3 is 1.50 bits per heavy atom. The summed E-state index contributed by atoms with van der Waals surface area (Å²) in [5, 5.41) is 6.65. The highest BCUT2D eigenvalue weighted by atomic mass is 35.5. The van der Waals surface area contributed by atoms with E-state index in [0.29, 0.717) is 94.1 Å². The van der Waals surface area contributed by atoms with Crippen LogP contribution in [-0.2, 0) is 38.4 Å². The normalized spacial score (nSPS) is 16.7. The van der Waals surface area contributed by atoms with Crippen LogP contribution in [0.25, 0.3) is 10.2 Å². The van der Waals surface area contributed by atoms with Crippen LogP contribution in [0.5, 0.6) is 34.5 Å². The number of anilines is 1. The maximum Gasteiger partial charge on any atom is 0.330 e. The highest BCUT2D eigenvalue weighted by Gasteiger charge is 2.30. The fourth-order valence-corrected chi connectivity index (χ4v) is 10.1. The van der Waals surface area contributed by atoms with Crippen molar-refractivity contribution in [2.45, 2.75) is 116 Å². The predicted molar refractivity (Wildman–Crippen MR) is 316 cm³/mol. The Balaban J connectivity index is 0.000000618. The Morgan fingerprint density at radius 1 is 0.598 bits per heavy atom. The third-order valence-electron chi connectivity index (χ3n) is 13.7. The number of nitrogens with zero attached hydrogens (tertiary/aromatic N) is 3. The van der Waals surface area contributed by atoms with E-state index in [1.54, 1.807) is 89.4 Å². The number of para-hydroxylation sites is 1. The number of unbranched alkanes of at least 4 members (excludes halogenated alkanes) is 6. The summed E-state index contributed by atoms with van der Waals surface area (Å²) < 4.78 is 34.2. The standard InChI is InChI=1S/C52H67ClO14.C11H11N3S/c1-2-49(54)60-35-9-5-3-7-33-58-43-19-23-45(24-20-43)64-51(56)41-15-11-40(12-16-41)38-63-67-48-29-25-46(26-30-48)65-52(57)42-17-13-39(14-18-42)37-62-66-47-27-21-44(22-28-47)59-34-8-4-6-10-36-61-50(55)31-32-53;1-3-12-14(4-2)11-13-9-7-5-6-8-10(9)15-11/h2,19-30,39-42H,1,3-18,31-38H2;3-8H,2H2,1H3/b;12-3+. The molecule has 17 nitrogen and oxygen atoms in total. The lowest BCUT2D eigenvalue weighted by Gasteiger charge is -2.26. The van der Waals surface area contributed by atoms with Gasteiger partial charge >= 0.3 is 23.9 Å². The number of carbonyl (C=O) groups is 4. The van der Waals surface area contributed by atoms with E-state index in [2.05, 4.69) is 23.2 Å². The first-order valence-corrected chi connectivity index (χ1v) is 29.8. The number of aromatic nitrogens is 1. The van der Waals surface area contributed by atoms with Gasteiger partial charge in [-0.15, -0.1) is 11.6 Å². The molecule has 442 valence electrons. The second kappa shape index (κ2) is 37.2. The molecule has 0 saturated heterocycles. The van der Waals surface area contributed by atoms with Crippen LogP contribution in [0.15, 0.2) is 128 Å². The number of carbonyl (C=O) groups excluding carboxylic acids is 4. The lowest BCUT2D eigenvalue weighted by molar-refractivity contribution is -0.218. The van der Waals surface area contributed by atoms with Crippen LogP contribution < -0.4 is 33.7 Å². The van der Waals surface area contributed by atoms with Gasteiger partial charge in [0.05, 0.1) is 68.1 Å². The van der Waals surface area contributed by atoms with E-state index in [4.69, 9.17) is 59.6 Å². The summed E-state index contributed by atoms with van der Waals surface area (Å²) in [6.07, 6.45) is 18.2. The van der Waals surface area contributed by atoms with Gasteiger partial charge in [0.1, 0.15) is 23.0 Å². The lowest BCUT2D eigenvalue weighted by Crippen LogP contribution is -2.27. The van der Waals surface area contributed by atoms with Gasteiger partial charge in [0.15, 0.2) is 11.5 Å². The topological polar surface area (TPSA) is 189 Å². The lowest BCUT2D eigenvalue weighted by atomic mass is 9.82. The Hall–Kier alpha value is -6.99. The van der Waals surface area contributed by atoms with Crippen LogP contribution in [0.4, 0.5) is 5.13 Å². The van der Waals surface area contributed by atoms with Crippen LogP contribution in [-0.4, -0.2) is 80.6 Å². The second-order valence-electron chi connectivity index (χ2n) is 19.8. The minimum absolute atomic E-state index is 0.169. The highest BCUT2D eigenvalue weighted by molar-refractivity contribution is 7.22. The molecule has 4 aromatic carbocycles. The van der Waals surface area contributed by atoms with Crippen molar-refractivity contribution in [2.75, 3.05) is 50.5 Å². The SMILES string of the molecule is C=CC(=O)OCCCCCCOc1ccc(OC(=O)C2CCC(COOc3ccc(OC(=O)C4CCC(COOc5ccc(OCCCCCCOC(=O)CCCl)cc5)CC4)cc3)CC2)cc1.C=CN(/N=C/C)c1nc2ccccc2s1. The molecular weight excluding hydrogens is 1090 g/mol. The molecule has 2 aliphatic rings. The molecule has 1 heterocycles. The van der Waals surface area contributed by atoms with Crippen molar-refractivity contribution in [3.8, 4) is 34.5 Å². The molecule has 0 aliphatic heterocycles. The molecule has 0 atom stereocenters. The van der Waals surface area contributed by atoms with E-state index >= 15 is 0 Å². The molecule has 82 heavy (non-hydrogen) atoms. The number of benzene rings is 4. The maximum atomic E-state index is 13.0. The van der Waals surface area contributed by atoms with Crippen molar-refractivity contribution in [3.63, 3.8) is 0 Å². The number of thiazole rings is 1. The molecule has 0 unspecified atom stereocenters. The highest BCUT2D eigenvalue weighted by Crippen LogP contribution is 2.34. The van der Waals surface area contributed by atoms with Crippen LogP contribution >= 0.6 is 22.9 Å².